The minimum Gasteiger partial charge on any atom is -0.340 e. The first-order chi connectivity index (χ1) is 9.47. The van der Waals surface area contributed by atoms with Crippen LogP contribution in [-0.2, 0) is 11.2 Å². The molecule has 2 rings (SSSR count). The molecule has 1 fully saturated rings. The molecule has 2 atom stereocenters. The molecule has 1 amide bonds. The van der Waals surface area contributed by atoms with E-state index >= 15 is 0 Å². The summed E-state index contributed by atoms with van der Waals surface area (Å²) in [5.74, 6) is 0.128. The summed E-state index contributed by atoms with van der Waals surface area (Å²) in [6.45, 7) is 6.47. The standard InChI is InChI=1S/C15H20Cl2N2O.ClH/c1-10(7-12-3-4-13(16)8-14(12)17)15(20)19-6-5-18-11(2)9-19;/h3-4,8,10-11,18H,5-7,9H2,1-2H3;1H. The molecular formula is C15H21Cl3N2O. The van der Waals surface area contributed by atoms with E-state index in [1.54, 1.807) is 6.07 Å². The van der Waals surface area contributed by atoms with Crippen LogP contribution in [0.5, 0.6) is 0 Å². The highest BCUT2D eigenvalue weighted by atomic mass is 35.5. The van der Waals surface area contributed by atoms with Crippen LogP contribution in [0.15, 0.2) is 18.2 Å². The summed E-state index contributed by atoms with van der Waals surface area (Å²) in [6, 6.07) is 5.79. The molecule has 0 aliphatic carbocycles. The van der Waals surface area contributed by atoms with Crippen LogP contribution in [0.3, 0.4) is 0 Å². The summed E-state index contributed by atoms with van der Waals surface area (Å²) in [4.78, 5) is 14.4. The van der Waals surface area contributed by atoms with Gasteiger partial charge in [-0.05, 0) is 31.0 Å². The minimum atomic E-state index is -0.0704. The molecule has 0 bridgehead atoms. The maximum Gasteiger partial charge on any atom is 0.225 e. The second-order valence-corrected chi connectivity index (χ2v) is 6.32. The van der Waals surface area contributed by atoms with Gasteiger partial charge >= 0.3 is 0 Å². The predicted octanol–water partition coefficient (Wildman–Crippen LogP) is 3.41. The molecule has 3 nitrogen and oxygen atoms in total. The summed E-state index contributed by atoms with van der Waals surface area (Å²) in [6.07, 6.45) is 0.646. The van der Waals surface area contributed by atoms with Gasteiger partial charge in [0.2, 0.25) is 5.91 Å². The van der Waals surface area contributed by atoms with Gasteiger partial charge in [0.15, 0.2) is 0 Å². The van der Waals surface area contributed by atoms with E-state index in [1.165, 1.54) is 0 Å². The molecule has 0 aromatic heterocycles. The smallest absolute Gasteiger partial charge is 0.225 e. The second kappa shape index (κ2) is 8.23. The van der Waals surface area contributed by atoms with Crippen LogP contribution in [0.25, 0.3) is 0 Å². The van der Waals surface area contributed by atoms with Crippen molar-refractivity contribution in [1.82, 2.24) is 10.2 Å². The molecule has 1 N–H and O–H groups in total. The Morgan fingerprint density at radius 3 is 2.81 bits per heavy atom. The number of nitrogens with zero attached hydrogens (tertiary/aromatic N) is 1. The Morgan fingerprint density at radius 2 is 2.19 bits per heavy atom. The van der Waals surface area contributed by atoms with Crippen LogP contribution >= 0.6 is 35.6 Å². The summed E-state index contributed by atoms with van der Waals surface area (Å²) in [5, 5.41) is 4.59. The summed E-state index contributed by atoms with van der Waals surface area (Å²) < 4.78 is 0. The van der Waals surface area contributed by atoms with Gasteiger partial charge in [0.05, 0.1) is 0 Å². The van der Waals surface area contributed by atoms with E-state index in [9.17, 15) is 4.79 Å². The number of carbonyl (C=O) groups is 1. The molecule has 0 saturated carbocycles. The molecule has 1 aliphatic heterocycles. The van der Waals surface area contributed by atoms with Gasteiger partial charge in [-0.2, -0.15) is 0 Å². The Hall–Kier alpha value is -0.480. The lowest BCUT2D eigenvalue weighted by Crippen LogP contribution is -2.52. The highest BCUT2D eigenvalue weighted by molar-refractivity contribution is 6.35. The van der Waals surface area contributed by atoms with Crippen LogP contribution in [0.2, 0.25) is 10.0 Å². The zero-order chi connectivity index (χ0) is 14.7. The molecule has 0 spiro atoms. The van der Waals surface area contributed by atoms with Crippen molar-refractivity contribution in [3.8, 4) is 0 Å². The van der Waals surface area contributed by atoms with Crippen molar-refractivity contribution in [3.05, 3.63) is 33.8 Å². The number of hydrogen-bond acceptors (Lipinski definition) is 2. The maximum atomic E-state index is 12.5. The quantitative estimate of drug-likeness (QED) is 0.905. The molecule has 21 heavy (non-hydrogen) atoms. The molecule has 1 aliphatic rings. The number of hydrogen-bond donors (Lipinski definition) is 1. The zero-order valence-corrected chi connectivity index (χ0v) is 14.6. The Bertz CT molecular complexity index is 496. The largest absolute Gasteiger partial charge is 0.340 e. The van der Waals surface area contributed by atoms with Gasteiger partial charge in [-0.3, -0.25) is 4.79 Å². The van der Waals surface area contributed by atoms with E-state index in [0.29, 0.717) is 22.5 Å². The molecule has 1 heterocycles. The minimum absolute atomic E-state index is 0. The average molecular weight is 352 g/mol. The third kappa shape index (κ3) is 5.03. The number of piperazine rings is 1. The Morgan fingerprint density at radius 1 is 1.48 bits per heavy atom. The van der Waals surface area contributed by atoms with Crippen molar-refractivity contribution in [2.45, 2.75) is 26.3 Å². The van der Waals surface area contributed by atoms with Crippen molar-refractivity contribution >= 4 is 41.5 Å². The Kier molecular flexibility index (Phi) is 7.28. The van der Waals surface area contributed by atoms with E-state index in [0.717, 1.165) is 25.2 Å². The van der Waals surface area contributed by atoms with Gasteiger partial charge in [-0.1, -0.05) is 36.2 Å². The van der Waals surface area contributed by atoms with Crippen molar-refractivity contribution in [2.75, 3.05) is 19.6 Å². The average Bonchev–Trinajstić information content (AvgIpc) is 2.41. The lowest BCUT2D eigenvalue weighted by Gasteiger charge is -2.33. The normalized spacial score (nSPS) is 19.8. The number of halogens is 3. The van der Waals surface area contributed by atoms with E-state index in [1.807, 2.05) is 24.0 Å². The van der Waals surface area contributed by atoms with Gasteiger partial charge in [-0.15, -0.1) is 12.4 Å². The zero-order valence-electron chi connectivity index (χ0n) is 12.2. The summed E-state index contributed by atoms with van der Waals surface area (Å²) in [5.41, 5.74) is 0.972. The number of nitrogens with one attached hydrogen (secondary N) is 1. The van der Waals surface area contributed by atoms with Crippen molar-refractivity contribution in [3.63, 3.8) is 0 Å². The third-order valence-electron chi connectivity index (χ3n) is 3.64. The molecule has 1 aromatic carbocycles. The first-order valence-electron chi connectivity index (χ1n) is 6.93. The Labute approximate surface area is 142 Å². The van der Waals surface area contributed by atoms with Crippen LogP contribution in [-0.4, -0.2) is 36.5 Å². The molecule has 118 valence electrons. The summed E-state index contributed by atoms with van der Waals surface area (Å²) in [7, 11) is 0. The van der Waals surface area contributed by atoms with Crippen LogP contribution in [0.1, 0.15) is 19.4 Å². The highest BCUT2D eigenvalue weighted by Crippen LogP contribution is 2.24. The Balaban J connectivity index is 0.00000220. The molecule has 1 aromatic rings. The fourth-order valence-electron chi connectivity index (χ4n) is 2.55. The first kappa shape index (κ1) is 18.6. The van der Waals surface area contributed by atoms with Crippen LogP contribution in [0.4, 0.5) is 0 Å². The van der Waals surface area contributed by atoms with Crippen molar-refractivity contribution < 1.29 is 4.79 Å². The lowest BCUT2D eigenvalue weighted by molar-refractivity contribution is -0.136. The summed E-state index contributed by atoms with van der Waals surface area (Å²) >= 11 is 12.1. The lowest BCUT2D eigenvalue weighted by atomic mass is 9.99. The van der Waals surface area contributed by atoms with E-state index < -0.39 is 0 Å². The molecule has 0 radical (unpaired) electrons. The van der Waals surface area contributed by atoms with Gasteiger partial charge in [0.25, 0.3) is 0 Å². The van der Waals surface area contributed by atoms with E-state index in [-0.39, 0.29) is 24.2 Å². The van der Waals surface area contributed by atoms with Crippen LogP contribution < -0.4 is 5.32 Å². The molecule has 6 heteroatoms. The maximum absolute atomic E-state index is 12.5. The van der Waals surface area contributed by atoms with Crippen molar-refractivity contribution in [1.29, 1.82) is 0 Å². The first-order valence-corrected chi connectivity index (χ1v) is 7.69. The number of benzene rings is 1. The van der Waals surface area contributed by atoms with E-state index in [4.69, 9.17) is 23.2 Å². The SMILES string of the molecule is CC1CN(C(=O)C(C)Cc2ccc(Cl)cc2Cl)CCN1.Cl. The van der Waals surface area contributed by atoms with Gasteiger partial charge in [-0.25, -0.2) is 0 Å². The van der Waals surface area contributed by atoms with Gasteiger partial charge in [0.1, 0.15) is 0 Å². The highest BCUT2D eigenvalue weighted by Gasteiger charge is 2.25. The molecule has 1 saturated heterocycles. The molecular weight excluding hydrogens is 331 g/mol. The second-order valence-electron chi connectivity index (χ2n) is 5.48. The van der Waals surface area contributed by atoms with Crippen molar-refractivity contribution in [2.24, 2.45) is 5.92 Å². The molecule has 2 unspecified atom stereocenters. The topological polar surface area (TPSA) is 32.3 Å². The number of rotatable bonds is 3. The third-order valence-corrected chi connectivity index (χ3v) is 4.23. The number of amides is 1. The fourth-order valence-corrected chi connectivity index (χ4v) is 3.03. The van der Waals surface area contributed by atoms with Gasteiger partial charge in [0, 0.05) is 41.6 Å². The van der Waals surface area contributed by atoms with Gasteiger partial charge < -0.3 is 10.2 Å². The van der Waals surface area contributed by atoms with E-state index in [2.05, 4.69) is 12.2 Å². The number of carbonyl (C=O) groups excluding carboxylic acids is 1. The monoisotopic (exact) mass is 350 g/mol. The fraction of sp³-hybridized carbons (Fsp3) is 0.533. The predicted molar refractivity (Wildman–Crippen MR) is 90.6 cm³/mol. The van der Waals surface area contributed by atoms with Crippen LogP contribution in [0, 0.1) is 5.92 Å².